The van der Waals surface area contributed by atoms with Crippen molar-refractivity contribution in [3.63, 3.8) is 0 Å². The number of rotatable bonds is 5. The summed E-state index contributed by atoms with van der Waals surface area (Å²) in [5.74, 6) is 0.626. The van der Waals surface area contributed by atoms with E-state index in [1.165, 1.54) is 13.4 Å². The topological polar surface area (TPSA) is 99.9 Å². The van der Waals surface area contributed by atoms with Gasteiger partial charge in [0.2, 0.25) is 5.82 Å². The highest BCUT2D eigenvalue weighted by molar-refractivity contribution is 6.30. The molecule has 9 nitrogen and oxygen atoms in total. The number of halogens is 1. The Hall–Kier alpha value is -2.65. The fourth-order valence-corrected chi connectivity index (χ4v) is 3.16. The van der Waals surface area contributed by atoms with Gasteiger partial charge in [0.05, 0.1) is 24.2 Å². The van der Waals surface area contributed by atoms with Crippen LogP contribution in [0.5, 0.6) is 17.4 Å². The van der Waals surface area contributed by atoms with Crippen LogP contribution in [0.2, 0.25) is 5.02 Å². The smallest absolute Gasteiger partial charge is 0.373 e. The first kappa shape index (κ1) is 19.1. The number of ether oxygens (including phenoxy) is 3. The maximum Gasteiger partial charge on any atom is 0.373 e. The normalized spacial score (nSPS) is 19.6. The first-order valence-electron chi connectivity index (χ1n) is 8.30. The van der Waals surface area contributed by atoms with Crippen molar-refractivity contribution < 1.29 is 19.1 Å². The lowest BCUT2D eigenvalue weighted by Crippen LogP contribution is -2.46. The second-order valence-electron chi connectivity index (χ2n) is 6.17. The minimum absolute atomic E-state index is 0.0796. The second kappa shape index (κ2) is 7.93. The van der Waals surface area contributed by atoms with Crippen LogP contribution in [-0.4, -0.2) is 47.3 Å². The Morgan fingerprint density at radius 2 is 1.96 bits per heavy atom. The summed E-state index contributed by atoms with van der Waals surface area (Å²) in [6, 6.07) is 4.71. The molecule has 0 radical (unpaired) electrons. The Morgan fingerprint density at radius 1 is 1.26 bits per heavy atom. The van der Waals surface area contributed by atoms with Gasteiger partial charge >= 0.3 is 11.6 Å². The van der Waals surface area contributed by atoms with Crippen LogP contribution >= 0.6 is 11.6 Å². The van der Waals surface area contributed by atoms with Crippen LogP contribution in [0, 0.1) is 10.1 Å². The van der Waals surface area contributed by atoms with Crippen molar-refractivity contribution in [2.45, 2.75) is 26.1 Å². The molecular weight excluding hydrogens is 376 g/mol. The maximum absolute atomic E-state index is 11.8. The molecule has 1 aromatic heterocycles. The molecule has 2 heterocycles. The van der Waals surface area contributed by atoms with Crippen LogP contribution in [0.3, 0.4) is 0 Å². The molecule has 144 valence electrons. The van der Waals surface area contributed by atoms with Crippen molar-refractivity contribution in [1.82, 2.24) is 9.97 Å². The van der Waals surface area contributed by atoms with Crippen molar-refractivity contribution in [3.05, 3.63) is 39.7 Å². The third kappa shape index (κ3) is 4.20. The predicted octanol–water partition coefficient (Wildman–Crippen LogP) is 3.45. The lowest BCUT2D eigenvalue weighted by Gasteiger charge is -2.35. The van der Waals surface area contributed by atoms with E-state index in [0.717, 1.165) is 0 Å². The zero-order valence-electron chi connectivity index (χ0n) is 15.1. The van der Waals surface area contributed by atoms with Gasteiger partial charge in [-0.1, -0.05) is 11.6 Å². The van der Waals surface area contributed by atoms with Gasteiger partial charge in [0.25, 0.3) is 0 Å². The van der Waals surface area contributed by atoms with E-state index in [-0.39, 0.29) is 35.3 Å². The molecule has 0 saturated carbocycles. The summed E-state index contributed by atoms with van der Waals surface area (Å²) in [7, 11) is 1.45. The van der Waals surface area contributed by atoms with Crippen LogP contribution in [0.15, 0.2) is 24.5 Å². The first-order chi connectivity index (χ1) is 12.9. The van der Waals surface area contributed by atoms with E-state index in [1.54, 1.807) is 18.2 Å². The number of aromatic nitrogens is 2. The third-order valence-electron chi connectivity index (χ3n) is 4.00. The van der Waals surface area contributed by atoms with Crippen LogP contribution in [0.1, 0.15) is 13.8 Å². The lowest BCUT2D eigenvalue weighted by atomic mass is 10.2. The van der Waals surface area contributed by atoms with Gasteiger partial charge in [0, 0.05) is 24.2 Å². The highest BCUT2D eigenvalue weighted by Crippen LogP contribution is 2.40. The van der Waals surface area contributed by atoms with E-state index >= 15 is 0 Å². The van der Waals surface area contributed by atoms with E-state index in [4.69, 9.17) is 25.8 Å². The molecule has 1 saturated heterocycles. The van der Waals surface area contributed by atoms with Crippen LogP contribution < -0.4 is 14.4 Å². The number of benzene rings is 1. The van der Waals surface area contributed by atoms with Gasteiger partial charge in [-0.15, -0.1) is 0 Å². The minimum atomic E-state index is -0.544. The summed E-state index contributed by atoms with van der Waals surface area (Å²) in [5, 5.41) is 12.2. The highest BCUT2D eigenvalue weighted by Gasteiger charge is 2.33. The Bertz CT molecular complexity index is 840. The fourth-order valence-electron chi connectivity index (χ4n) is 3.00. The van der Waals surface area contributed by atoms with E-state index in [9.17, 15) is 10.1 Å². The molecule has 3 rings (SSSR count). The number of nitrogens with zero attached hydrogens (tertiary/aromatic N) is 4. The van der Waals surface area contributed by atoms with E-state index in [2.05, 4.69) is 9.97 Å². The molecule has 0 amide bonds. The number of hydrogen-bond acceptors (Lipinski definition) is 8. The molecule has 27 heavy (non-hydrogen) atoms. The largest absolute Gasteiger partial charge is 0.493 e. The first-order valence-corrected chi connectivity index (χ1v) is 8.68. The van der Waals surface area contributed by atoms with Gasteiger partial charge in [-0.05, 0) is 26.0 Å². The maximum atomic E-state index is 11.8. The molecule has 2 unspecified atom stereocenters. The lowest BCUT2D eigenvalue weighted by molar-refractivity contribution is -0.385. The molecule has 1 aromatic carbocycles. The molecule has 2 atom stereocenters. The molecule has 0 bridgehead atoms. The minimum Gasteiger partial charge on any atom is -0.493 e. The molecule has 1 aliphatic heterocycles. The van der Waals surface area contributed by atoms with Gasteiger partial charge in [-0.3, -0.25) is 10.1 Å². The molecular formula is C17H19ClN4O5. The molecule has 10 heteroatoms. The van der Waals surface area contributed by atoms with Crippen molar-refractivity contribution in [2.75, 3.05) is 25.1 Å². The van der Waals surface area contributed by atoms with Crippen LogP contribution in [-0.2, 0) is 4.74 Å². The standard InChI is InChI=1S/C17H19ClN4O5/c1-10-7-21(8-11(2)26-10)16-15(22(23)24)17(20-9-19-16)27-13-5-4-12(18)6-14(13)25-3/h4-6,9-11H,7-8H2,1-3H3. The summed E-state index contributed by atoms with van der Waals surface area (Å²) in [6.45, 7) is 4.77. The Kier molecular flexibility index (Phi) is 5.62. The Labute approximate surface area is 161 Å². The van der Waals surface area contributed by atoms with Gasteiger partial charge in [-0.2, -0.15) is 4.98 Å². The average molecular weight is 395 g/mol. The van der Waals surface area contributed by atoms with Gasteiger partial charge in [0.15, 0.2) is 11.5 Å². The molecule has 0 spiro atoms. The molecule has 2 aromatic rings. The SMILES string of the molecule is COc1cc(Cl)ccc1Oc1ncnc(N2CC(C)OC(C)C2)c1[N+](=O)[O-]. The predicted molar refractivity (Wildman–Crippen MR) is 99.0 cm³/mol. The summed E-state index contributed by atoms with van der Waals surface area (Å²) in [6.07, 6.45) is 1.08. The summed E-state index contributed by atoms with van der Waals surface area (Å²) in [5.41, 5.74) is -0.309. The Balaban J connectivity index is 2.01. The molecule has 1 fully saturated rings. The zero-order valence-corrected chi connectivity index (χ0v) is 15.8. The summed E-state index contributed by atoms with van der Waals surface area (Å²) < 4.78 is 16.6. The average Bonchev–Trinajstić information content (AvgIpc) is 2.62. The fraction of sp³-hybridized carbons (Fsp3) is 0.412. The van der Waals surface area contributed by atoms with Crippen molar-refractivity contribution in [2.24, 2.45) is 0 Å². The van der Waals surface area contributed by atoms with Crippen LogP contribution in [0.4, 0.5) is 11.5 Å². The van der Waals surface area contributed by atoms with Gasteiger partial charge in [-0.25, -0.2) is 4.98 Å². The van der Waals surface area contributed by atoms with E-state index in [1.807, 2.05) is 18.7 Å². The van der Waals surface area contributed by atoms with Crippen LogP contribution in [0.25, 0.3) is 0 Å². The summed E-state index contributed by atoms with van der Waals surface area (Å²) in [4.78, 5) is 21.2. The third-order valence-corrected chi connectivity index (χ3v) is 4.24. The van der Waals surface area contributed by atoms with Crippen molar-refractivity contribution >= 4 is 23.1 Å². The number of anilines is 1. The van der Waals surface area contributed by atoms with E-state index in [0.29, 0.717) is 23.9 Å². The quantitative estimate of drug-likeness (QED) is 0.561. The number of nitro groups is 1. The monoisotopic (exact) mass is 394 g/mol. The zero-order chi connectivity index (χ0) is 19.6. The van der Waals surface area contributed by atoms with Gasteiger partial charge < -0.3 is 19.1 Å². The molecule has 1 aliphatic rings. The second-order valence-corrected chi connectivity index (χ2v) is 6.60. The highest BCUT2D eigenvalue weighted by atomic mass is 35.5. The van der Waals surface area contributed by atoms with E-state index < -0.39 is 4.92 Å². The summed E-state index contributed by atoms with van der Waals surface area (Å²) >= 11 is 5.95. The number of methoxy groups -OCH3 is 1. The Morgan fingerprint density at radius 3 is 2.59 bits per heavy atom. The molecule has 0 N–H and O–H groups in total. The number of morpholine rings is 1. The number of hydrogen-bond donors (Lipinski definition) is 0. The van der Waals surface area contributed by atoms with Gasteiger partial charge in [0.1, 0.15) is 6.33 Å². The van der Waals surface area contributed by atoms with Crippen molar-refractivity contribution in [3.8, 4) is 17.4 Å². The van der Waals surface area contributed by atoms with Crippen molar-refractivity contribution in [1.29, 1.82) is 0 Å². The molecule has 0 aliphatic carbocycles.